The number of aliphatic hydroxyl groups excluding tert-OH is 1. The first-order chi connectivity index (χ1) is 13.2. The molecule has 27 heavy (non-hydrogen) atoms. The van der Waals surface area contributed by atoms with Crippen LogP contribution in [-0.2, 0) is 0 Å². The molecular formula is C19H31N7O. The predicted molar refractivity (Wildman–Crippen MR) is 107 cm³/mol. The standard InChI is InChI=1S/C19H31N7O/c20-13-6-8-14(9-7-13)23-19-24-17(21-10-3-11-27)16-18(25-19)26(12-22-16)15-4-1-2-5-15/h12-15,27H,1-11,20H2,(H2,21,23,24,25). The van der Waals surface area contributed by atoms with Gasteiger partial charge in [0.05, 0.1) is 6.33 Å². The first-order valence-corrected chi connectivity index (χ1v) is 10.4. The van der Waals surface area contributed by atoms with E-state index in [0.29, 0.717) is 37.0 Å². The molecule has 4 rings (SSSR count). The zero-order valence-corrected chi connectivity index (χ0v) is 15.9. The molecular weight excluding hydrogens is 342 g/mol. The lowest BCUT2D eigenvalue weighted by Gasteiger charge is -2.27. The van der Waals surface area contributed by atoms with Gasteiger partial charge in [0.15, 0.2) is 17.0 Å². The van der Waals surface area contributed by atoms with E-state index in [-0.39, 0.29) is 6.61 Å². The van der Waals surface area contributed by atoms with Crippen LogP contribution in [0.4, 0.5) is 11.8 Å². The molecule has 148 valence electrons. The van der Waals surface area contributed by atoms with Crippen molar-refractivity contribution in [3.63, 3.8) is 0 Å². The van der Waals surface area contributed by atoms with E-state index < -0.39 is 0 Å². The monoisotopic (exact) mass is 373 g/mol. The van der Waals surface area contributed by atoms with Crippen molar-refractivity contribution in [1.29, 1.82) is 0 Å². The zero-order chi connectivity index (χ0) is 18.6. The highest BCUT2D eigenvalue weighted by Gasteiger charge is 2.23. The summed E-state index contributed by atoms with van der Waals surface area (Å²) in [6.07, 6.45) is 11.7. The van der Waals surface area contributed by atoms with Crippen molar-refractivity contribution in [1.82, 2.24) is 19.5 Å². The Morgan fingerprint density at radius 2 is 1.89 bits per heavy atom. The summed E-state index contributed by atoms with van der Waals surface area (Å²) in [6, 6.07) is 1.18. The predicted octanol–water partition coefficient (Wildman–Crippen LogP) is 2.42. The third-order valence-electron chi connectivity index (χ3n) is 5.87. The van der Waals surface area contributed by atoms with Gasteiger partial charge in [-0.2, -0.15) is 9.97 Å². The second-order valence-corrected chi connectivity index (χ2v) is 7.92. The summed E-state index contributed by atoms with van der Waals surface area (Å²) in [7, 11) is 0. The molecule has 0 atom stereocenters. The van der Waals surface area contributed by atoms with Gasteiger partial charge in [-0.25, -0.2) is 4.98 Å². The summed E-state index contributed by atoms with van der Waals surface area (Å²) in [5.41, 5.74) is 7.75. The third-order valence-corrected chi connectivity index (χ3v) is 5.87. The highest BCUT2D eigenvalue weighted by molar-refractivity contribution is 5.84. The van der Waals surface area contributed by atoms with Gasteiger partial charge in [0.25, 0.3) is 0 Å². The zero-order valence-electron chi connectivity index (χ0n) is 15.9. The Bertz CT molecular complexity index is 748. The minimum atomic E-state index is 0.158. The number of hydrogen-bond acceptors (Lipinski definition) is 7. The van der Waals surface area contributed by atoms with Crippen LogP contribution in [0.15, 0.2) is 6.33 Å². The third kappa shape index (κ3) is 4.16. The lowest BCUT2D eigenvalue weighted by molar-refractivity contribution is 0.292. The second kappa shape index (κ2) is 8.39. The highest BCUT2D eigenvalue weighted by Crippen LogP contribution is 2.33. The minimum Gasteiger partial charge on any atom is -0.396 e. The largest absolute Gasteiger partial charge is 0.396 e. The summed E-state index contributed by atoms with van der Waals surface area (Å²) in [5, 5.41) is 15.9. The van der Waals surface area contributed by atoms with Crippen molar-refractivity contribution in [2.24, 2.45) is 5.73 Å². The van der Waals surface area contributed by atoms with Gasteiger partial charge >= 0.3 is 0 Å². The Morgan fingerprint density at radius 3 is 2.63 bits per heavy atom. The molecule has 2 aromatic heterocycles. The van der Waals surface area contributed by atoms with Crippen LogP contribution in [0, 0.1) is 0 Å². The molecule has 0 spiro atoms. The van der Waals surface area contributed by atoms with E-state index in [2.05, 4.69) is 20.2 Å². The molecule has 0 unspecified atom stereocenters. The number of nitrogens with one attached hydrogen (secondary N) is 2. The van der Waals surface area contributed by atoms with Crippen LogP contribution < -0.4 is 16.4 Å². The van der Waals surface area contributed by atoms with Gasteiger partial charge in [-0.05, 0) is 44.9 Å². The number of rotatable bonds is 7. The van der Waals surface area contributed by atoms with Crippen LogP contribution in [0.5, 0.6) is 0 Å². The number of imidazole rings is 1. The Morgan fingerprint density at radius 1 is 1.11 bits per heavy atom. The quantitative estimate of drug-likeness (QED) is 0.551. The maximum atomic E-state index is 9.08. The van der Waals surface area contributed by atoms with Crippen LogP contribution in [0.2, 0.25) is 0 Å². The summed E-state index contributed by atoms with van der Waals surface area (Å²) in [4.78, 5) is 14.2. The van der Waals surface area contributed by atoms with Gasteiger partial charge in [-0.15, -0.1) is 0 Å². The van der Waals surface area contributed by atoms with E-state index in [1.165, 1.54) is 25.7 Å². The number of nitrogens with zero attached hydrogens (tertiary/aromatic N) is 4. The van der Waals surface area contributed by atoms with Gasteiger partial charge in [0.2, 0.25) is 5.95 Å². The number of aliphatic hydroxyl groups is 1. The molecule has 0 aliphatic heterocycles. The van der Waals surface area contributed by atoms with Crippen molar-refractivity contribution < 1.29 is 5.11 Å². The summed E-state index contributed by atoms with van der Waals surface area (Å²) >= 11 is 0. The number of anilines is 2. The molecule has 0 aromatic carbocycles. The van der Waals surface area contributed by atoms with Crippen LogP contribution in [0.1, 0.15) is 63.8 Å². The van der Waals surface area contributed by atoms with E-state index in [0.717, 1.165) is 42.7 Å². The van der Waals surface area contributed by atoms with Crippen molar-refractivity contribution in [3.8, 4) is 0 Å². The SMILES string of the molecule is NC1CCC(Nc2nc(NCCCO)c3ncn(C4CCCC4)c3n2)CC1. The molecule has 0 bridgehead atoms. The molecule has 2 aliphatic carbocycles. The first kappa shape index (κ1) is 18.4. The van der Waals surface area contributed by atoms with Crippen molar-refractivity contribution in [2.45, 2.75) is 75.9 Å². The molecule has 2 aromatic rings. The molecule has 2 fully saturated rings. The first-order valence-electron chi connectivity index (χ1n) is 10.4. The van der Waals surface area contributed by atoms with Gasteiger partial charge in [-0.3, -0.25) is 0 Å². The highest BCUT2D eigenvalue weighted by atomic mass is 16.3. The van der Waals surface area contributed by atoms with Crippen molar-refractivity contribution in [2.75, 3.05) is 23.8 Å². The molecule has 8 nitrogen and oxygen atoms in total. The molecule has 8 heteroatoms. The average Bonchev–Trinajstić information content (AvgIpc) is 3.33. The fourth-order valence-corrected chi connectivity index (χ4v) is 4.29. The number of fused-ring (bicyclic) bond motifs is 1. The lowest BCUT2D eigenvalue weighted by Crippen LogP contribution is -2.33. The number of nitrogens with two attached hydrogens (primary N) is 1. The van der Waals surface area contributed by atoms with Crippen molar-refractivity contribution >= 4 is 22.9 Å². The topological polar surface area (TPSA) is 114 Å². The van der Waals surface area contributed by atoms with E-state index in [1.807, 2.05) is 6.33 Å². The second-order valence-electron chi connectivity index (χ2n) is 7.92. The molecule has 0 amide bonds. The summed E-state index contributed by atoms with van der Waals surface area (Å²) in [5.74, 6) is 1.41. The number of hydrogen-bond donors (Lipinski definition) is 4. The average molecular weight is 374 g/mol. The smallest absolute Gasteiger partial charge is 0.227 e. The maximum absolute atomic E-state index is 9.08. The van der Waals surface area contributed by atoms with Crippen molar-refractivity contribution in [3.05, 3.63) is 6.33 Å². The van der Waals surface area contributed by atoms with E-state index in [9.17, 15) is 0 Å². The van der Waals surface area contributed by atoms with Crippen LogP contribution in [0.25, 0.3) is 11.2 Å². The van der Waals surface area contributed by atoms with Gasteiger partial charge < -0.3 is 26.0 Å². The fourth-order valence-electron chi connectivity index (χ4n) is 4.29. The molecule has 2 aliphatic rings. The van der Waals surface area contributed by atoms with E-state index >= 15 is 0 Å². The number of aromatic nitrogens is 4. The van der Waals surface area contributed by atoms with Crippen LogP contribution >= 0.6 is 0 Å². The molecule has 2 heterocycles. The fraction of sp³-hybridized carbons (Fsp3) is 0.737. The molecule has 2 saturated carbocycles. The molecule has 5 N–H and O–H groups in total. The normalized spacial score (nSPS) is 23.8. The molecule has 0 radical (unpaired) electrons. The summed E-state index contributed by atoms with van der Waals surface area (Å²) < 4.78 is 2.23. The Labute approximate surface area is 160 Å². The van der Waals surface area contributed by atoms with Gasteiger partial charge in [0.1, 0.15) is 0 Å². The molecule has 0 saturated heterocycles. The Kier molecular flexibility index (Phi) is 5.73. The van der Waals surface area contributed by atoms with Crippen LogP contribution in [-0.4, -0.2) is 49.9 Å². The van der Waals surface area contributed by atoms with Gasteiger partial charge in [0, 0.05) is 31.3 Å². The lowest BCUT2D eigenvalue weighted by atomic mass is 9.92. The maximum Gasteiger partial charge on any atom is 0.227 e. The summed E-state index contributed by atoms with van der Waals surface area (Å²) in [6.45, 7) is 0.821. The minimum absolute atomic E-state index is 0.158. The Balaban J connectivity index is 1.62. The Hall–Kier alpha value is -1.93. The van der Waals surface area contributed by atoms with Crippen LogP contribution in [0.3, 0.4) is 0 Å². The van der Waals surface area contributed by atoms with E-state index in [1.54, 1.807) is 0 Å². The van der Waals surface area contributed by atoms with E-state index in [4.69, 9.17) is 20.8 Å². The van der Waals surface area contributed by atoms with Gasteiger partial charge in [-0.1, -0.05) is 12.8 Å².